The normalized spacial score (nSPS) is 13.1. The summed E-state index contributed by atoms with van der Waals surface area (Å²) in [7, 11) is 0. The van der Waals surface area contributed by atoms with E-state index in [1.165, 1.54) is 6.07 Å². The number of hydrogen-bond donors (Lipinski definition) is 1. The number of benzene rings is 1. The largest absolute Gasteiger partial charge is 0.314 e. The van der Waals surface area contributed by atoms with Gasteiger partial charge in [0.2, 0.25) is 0 Å². The number of rotatable bonds is 6. The van der Waals surface area contributed by atoms with E-state index in [9.17, 15) is 4.39 Å². The molecule has 1 aromatic carbocycles. The molecule has 1 atom stereocenters. The third kappa shape index (κ3) is 5.26. The van der Waals surface area contributed by atoms with Crippen molar-refractivity contribution in [2.75, 3.05) is 6.54 Å². The maximum absolute atomic E-state index is 12.9. The third-order valence-electron chi connectivity index (χ3n) is 2.63. The Bertz CT molecular complexity index is 309. The maximum Gasteiger partial charge on any atom is 0.123 e. The van der Waals surface area contributed by atoms with Crippen LogP contribution in [0.1, 0.15) is 32.8 Å². The van der Waals surface area contributed by atoms with Crippen molar-refractivity contribution >= 4 is 0 Å². The molecule has 0 spiro atoms. The zero-order valence-corrected chi connectivity index (χ0v) is 10.5. The Kier molecular flexibility index (Phi) is 5.47. The molecule has 0 saturated carbocycles. The van der Waals surface area contributed by atoms with Crippen molar-refractivity contribution in [3.63, 3.8) is 0 Å². The molecule has 0 aliphatic rings. The maximum atomic E-state index is 12.9. The topological polar surface area (TPSA) is 12.0 Å². The number of halogens is 1. The van der Waals surface area contributed by atoms with Gasteiger partial charge in [-0.15, -0.1) is 0 Å². The Hall–Kier alpha value is -0.890. The van der Waals surface area contributed by atoms with Gasteiger partial charge in [-0.05, 0) is 49.9 Å². The van der Waals surface area contributed by atoms with Crippen LogP contribution in [0.5, 0.6) is 0 Å². The fourth-order valence-corrected chi connectivity index (χ4v) is 1.61. The van der Waals surface area contributed by atoms with E-state index in [2.05, 4.69) is 26.1 Å². The van der Waals surface area contributed by atoms with Crippen LogP contribution in [0.2, 0.25) is 0 Å². The minimum absolute atomic E-state index is 0.139. The molecule has 0 aromatic heterocycles. The predicted molar refractivity (Wildman–Crippen MR) is 67.0 cm³/mol. The summed E-state index contributed by atoms with van der Waals surface area (Å²) in [6.07, 6.45) is 1.99. The van der Waals surface area contributed by atoms with E-state index < -0.39 is 0 Å². The smallest absolute Gasteiger partial charge is 0.123 e. The zero-order valence-electron chi connectivity index (χ0n) is 10.5. The van der Waals surface area contributed by atoms with Crippen molar-refractivity contribution in [3.05, 3.63) is 35.6 Å². The molecule has 1 N–H and O–H groups in total. The minimum atomic E-state index is -0.139. The second kappa shape index (κ2) is 6.64. The van der Waals surface area contributed by atoms with Crippen LogP contribution in [-0.2, 0) is 6.42 Å². The summed E-state index contributed by atoms with van der Waals surface area (Å²) in [5.41, 5.74) is 1.08. The van der Waals surface area contributed by atoms with E-state index >= 15 is 0 Å². The summed E-state index contributed by atoms with van der Waals surface area (Å²) >= 11 is 0. The molecule has 0 saturated heterocycles. The predicted octanol–water partition coefficient (Wildman–Crippen LogP) is 3.39. The van der Waals surface area contributed by atoms with Gasteiger partial charge >= 0.3 is 0 Å². The quantitative estimate of drug-likeness (QED) is 0.779. The Balaban J connectivity index is 2.28. The van der Waals surface area contributed by atoms with Gasteiger partial charge in [-0.3, -0.25) is 0 Å². The van der Waals surface area contributed by atoms with Crippen LogP contribution in [-0.4, -0.2) is 12.6 Å². The number of hydrogen-bond acceptors (Lipinski definition) is 1. The molecule has 16 heavy (non-hydrogen) atoms. The number of aryl methyl sites for hydroxylation is 1. The highest BCUT2D eigenvalue weighted by molar-refractivity contribution is 5.16. The average Bonchev–Trinajstić information content (AvgIpc) is 2.23. The molecule has 0 amide bonds. The average molecular weight is 223 g/mol. The first-order valence-electron chi connectivity index (χ1n) is 6.05. The second-order valence-electron chi connectivity index (χ2n) is 4.87. The van der Waals surface area contributed by atoms with Crippen LogP contribution in [0.3, 0.4) is 0 Å². The molecule has 0 fully saturated rings. The highest BCUT2D eigenvalue weighted by Gasteiger charge is 2.03. The highest BCUT2D eigenvalue weighted by Crippen LogP contribution is 2.07. The van der Waals surface area contributed by atoms with Crippen LogP contribution < -0.4 is 5.32 Å². The van der Waals surface area contributed by atoms with Crippen LogP contribution in [0.4, 0.5) is 4.39 Å². The Morgan fingerprint density at radius 2 is 2.00 bits per heavy atom. The molecular weight excluding hydrogens is 201 g/mol. The molecule has 1 rings (SSSR count). The summed E-state index contributed by atoms with van der Waals surface area (Å²) in [5, 5.41) is 3.47. The van der Waals surface area contributed by atoms with E-state index in [1.54, 1.807) is 12.1 Å². The van der Waals surface area contributed by atoms with Gasteiger partial charge in [0.25, 0.3) is 0 Å². The lowest BCUT2D eigenvalue weighted by Gasteiger charge is -2.15. The summed E-state index contributed by atoms with van der Waals surface area (Å²) in [4.78, 5) is 0. The second-order valence-corrected chi connectivity index (χ2v) is 4.87. The third-order valence-corrected chi connectivity index (χ3v) is 2.63. The van der Waals surface area contributed by atoms with Gasteiger partial charge in [0.05, 0.1) is 0 Å². The van der Waals surface area contributed by atoms with E-state index in [1.807, 2.05) is 6.07 Å². The molecule has 2 heteroatoms. The first-order chi connectivity index (χ1) is 7.58. The van der Waals surface area contributed by atoms with Gasteiger partial charge in [-0.2, -0.15) is 0 Å². The molecule has 0 bridgehead atoms. The lowest BCUT2D eigenvalue weighted by molar-refractivity contribution is 0.464. The molecular formula is C14H22FN. The minimum Gasteiger partial charge on any atom is -0.314 e. The Labute approximate surface area is 98.1 Å². The molecule has 90 valence electrons. The van der Waals surface area contributed by atoms with E-state index in [0.29, 0.717) is 12.0 Å². The van der Waals surface area contributed by atoms with E-state index in [0.717, 1.165) is 24.9 Å². The SMILES string of the molecule is CC(C)CNC(C)CCc1cccc(F)c1. The monoisotopic (exact) mass is 223 g/mol. The lowest BCUT2D eigenvalue weighted by Crippen LogP contribution is -2.29. The van der Waals surface area contributed by atoms with Gasteiger partial charge in [-0.1, -0.05) is 26.0 Å². The van der Waals surface area contributed by atoms with E-state index in [4.69, 9.17) is 0 Å². The van der Waals surface area contributed by atoms with Gasteiger partial charge in [0.1, 0.15) is 5.82 Å². The highest BCUT2D eigenvalue weighted by atomic mass is 19.1. The Morgan fingerprint density at radius 1 is 1.25 bits per heavy atom. The molecule has 0 aliphatic heterocycles. The summed E-state index contributed by atoms with van der Waals surface area (Å²) in [5.74, 6) is 0.539. The molecule has 0 aliphatic carbocycles. The first-order valence-corrected chi connectivity index (χ1v) is 6.05. The van der Waals surface area contributed by atoms with Gasteiger partial charge in [0, 0.05) is 6.04 Å². The van der Waals surface area contributed by atoms with Crippen LogP contribution in [0.25, 0.3) is 0 Å². The van der Waals surface area contributed by atoms with Crippen molar-refractivity contribution in [1.82, 2.24) is 5.32 Å². The summed E-state index contributed by atoms with van der Waals surface area (Å²) < 4.78 is 12.9. The van der Waals surface area contributed by atoms with Gasteiger partial charge in [-0.25, -0.2) is 4.39 Å². The van der Waals surface area contributed by atoms with Crippen molar-refractivity contribution in [3.8, 4) is 0 Å². The standard InChI is InChI=1S/C14H22FN/c1-11(2)10-16-12(3)7-8-13-5-4-6-14(15)9-13/h4-6,9,11-12,16H,7-8,10H2,1-3H3. The summed E-state index contributed by atoms with van der Waals surface area (Å²) in [6, 6.07) is 7.36. The Morgan fingerprint density at radius 3 is 2.62 bits per heavy atom. The van der Waals surface area contributed by atoms with Gasteiger partial charge in [0.15, 0.2) is 0 Å². The lowest BCUT2D eigenvalue weighted by atomic mass is 10.1. The summed E-state index contributed by atoms with van der Waals surface area (Å²) in [6.45, 7) is 7.63. The molecule has 0 radical (unpaired) electrons. The number of nitrogens with one attached hydrogen (secondary N) is 1. The fourth-order valence-electron chi connectivity index (χ4n) is 1.61. The van der Waals surface area contributed by atoms with Crippen LogP contribution in [0.15, 0.2) is 24.3 Å². The zero-order chi connectivity index (χ0) is 12.0. The van der Waals surface area contributed by atoms with Crippen molar-refractivity contribution in [1.29, 1.82) is 0 Å². The van der Waals surface area contributed by atoms with Crippen LogP contribution >= 0.6 is 0 Å². The molecule has 1 aromatic rings. The van der Waals surface area contributed by atoms with E-state index in [-0.39, 0.29) is 5.82 Å². The van der Waals surface area contributed by atoms with Crippen molar-refractivity contribution < 1.29 is 4.39 Å². The fraction of sp³-hybridized carbons (Fsp3) is 0.571. The first kappa shape index (κ1) is 13.2. The molecule has 0 heterocycles. The molecule has 1 nitrogen and oxygen atoms in total. The van der Waals surface area contributed by atoms with Gasteiger partial charge < -0.3 is 5.32 Å². The van der Waals surface area contributed by atoms with Crippen molar-refractivity contribution in [2.24, 2.45) is 5.92 Å². The van der Waals surface area contributed by atoms with Crippen LogP contribution in [0, 0.1) is 11.7 Å². The van der Waals surface area contributed by atoms with Crippen molar-refractivity contribution in [2.45, 2.75) is 39.7 Å². The molecule has 1 unspecified atom stereocenters.